The first-order valence-electron chi connectivity index (χ1n) is 3.97. The Hall–Kier alpha value is -1.65. The zero-order chi connectivity index (χ0) is 12.6. The molecule has 16 heavy (non-hydrogen) atoms. The van der Waals surface area contributed by atoms with E-state index in [0.717, 1.165) is 6.07 Å². The van der Waals surface area contributed by atoms with E-state index >= 15 is 0 Å². The third kappa shape index (κ3) is 2.48. The maximum atomic E-state index is 12.3. The first-order chi connectivity index (χ1) is 7.16. The molecule has 0 saturated carbocycles. The summed E-state index contributed by atoms with van der Waals surface area (Å²) in [7, 11) is 0. The van der Waals surface area contributed by atoms with E-state index in [2.05, 4.69) is 0 Å². The maximum absolute atomic E-state index is 12.3. The van der Waals surface area contributed by atoms with E-state index in [-0.39, 0.29) is 12.1 Å². The first-order valence-corrected chi connectivity index (χ1v) is 3.97. The van der Waals surface area contributed by atoms with Crippen molar-refractivity contribution in [1.82, 2.24) is 0 Å². The van der Waals surface area contributed by atoms with Crippen LogP contribution in [0.4, 0.5) is 26.1 Å². The van der Waals surface area contributed by atoms with Crippen molar-refractivity contribution in [3.8, 4) is 6.07 Å². The van der Waals surface area contributed by atoms with Gasteiger partial charge in [-0.15, -0.1) is 0 Å². The molecule has 1 rings (SSSR count). The summed E-state index contributed by atoms with van der Waals surface area (Å²) < 4.78 is 73.3. The second-order valence-corrected chi connectivity index (χ2v) is 2.99. The lowest BCUT2D eigenvalue weighted by molar-refractivity contribution is -0.137. The normalized spacial score (nSPS) is 12.3. The zero-order valence-electron chi connectivity index (χ0n) is 7.52. The van der Waals surface area contributed by atoms with Gasteiger partial charge in [-0.05, 0) is 6.07 Å². The average molecular weight is 238 g/mol. The summed E-state index contributed by atoms with van der Waals surface area (Å²) in [6.07, 6.45) is -4.76. The van der Waals surface area contributed by atoms with Gasteiger partial charge >= 0.3 is 13.2 Å². The molecule has 0 saturated heterocycles. The fourth-order valence-corrected chi connectivity index (χ4v) is 1.11. The summed E-state index contributed by atoms with van der Waals surface area (Å²) in [5.41, 5.74) is -3.59. The van der Waals surface area contributed by atoms with Crippen molar-refractivity contribution in [1.29, 1.82) is 5.26 Å². The van der Waals surface area contributed by atoms with Gasteiger partial charge in [0.15, 0.2) is 0 Å². The number of benzene rings is 1. The number of hydrogen-bond donors (Lipinski definition) is 0. The Kier molecular flexibility index (Phi) is 2.90. The summed E-state index contributed by atoms with van der Waals surface area (Å²) in [5, 5.41) is 8.36. The number of hydrogen-bond acceptors (Lipinski definition) is 1. The van der Waals surface area contributed by atoms with Crippen molar-refractivity contribution in [2.75, 3.05) is 0 Å². The SMILES string of the molecule is N#Cc1cc(C(F)(F)F)ccc1[B-](F)(F)F. The fourth-order valence-electron chi connectivity index (χ4n) is 1.11. The Labute approximate surface area is 86.4 Å². The molecule has 8 heteroatoms. The van der Waals surface area contributed by atoms with Crippen LogP contribution in [0, 0.1) is 11.3 Å². The topological polar surface area (TPSA) is 23.8 Å². The van der Waals surface area contributed by atoms with Gasteiger partial charge in [0, 0.05) is 5.56 Å². The second kappa shape index (κ2) is 3.74. The number of nitriles is 1. The molecule has 86 valence electrons. The maximum Gasteiger partial charge on any atom is 0.510 e. The molecule has 0 aromatic heterocycles. The van der Waals surface area contributed by atoms with Crippen LogP contribution in [0.3, 0.4) is 0 Å². The van der Waals surface area contributed by atoms with E-state index in [1.165, 1.54) is 0 Å². The number of nitrogens with zero attached hydrogens (tertiary/aromatic N) is 1. The summed E-state index contributed by atoms with van der Waals surface area (Å²) >= 11 is 0. The Balaban J connectivity index is 3.36. The molecule has 0 N–H and O–H groups in total. The molecule has 1 aromatic carbocycles. The summed E-state index contributed by atoms with van der Waals surface area (Å²) in [6, 6.07) is 1.90. The molecule has 1 nitrogen and oxygen atoms in total. The molecule has 0 fully saturated rings. The van der Waals surface area contributed by atoms with Crippen LogP contribution in [-0.2, 0) is 6.18 Å². The quantitative estimate of drug-likeness (QED) is 0.544. The predicted molar refractivity (Wildman–Crippen MR) is 44.9 cm³/mol. The third-order valence-corrected chi connectivity index (χ3v) is 1.85. The van der Waals surface area contributed by atoms with Gasteiger partial charge in [-0.1, -0.05) is 17.6 Å². The van der Waals surface area contributed by atoms with Crippen molar-refractivity contribution in [3.63, 3.8) is 0 Å². The minimum absolute atomic E-state index is 0.199. The van der Waals surface area contributed by atoms with Gasteiger partial charge in [-0.2, -0.15) is 18.4 Å². The van der Waals surface area contributed by atoms with E-state index in [4.69, 9.17) is 5.26 Å². The number of halogens is 6. The van der Waals surface area contributed by atoms with Crippen molar-refractivity contribution >= 4 is 12.4 Å². The highest BCUT2D eigenvalue weighted by Crippen LogP contribution is 2.29. The van der Waals surface area contributed by atoms with Crippen LogP contribution in [-0.4, -0.2) is 6.98 Å². The smallest absolute Gasteiger partial charge is 0.445 e. The molecule has 0 spiro atoms. The van der Waals surface area contributed by atoms with Crippen LogP contribution in [0.25, 0.3) is 0 Å². The van der Waals surface area contributed by atoms with E-state index < -0.39 is 29.7 Å². The van der Waals surface area contributed by atoms with E-state index in [1.54, 1.807) is 0 Å². The number of alkyl halides is 3. The van der Waals surface area contributed by atoms with Gasteiger partial charge in [0.25, 0.3) is 0 Å². The standard InChI is InChI=1S/C8H3BF6N/c10-8(11,12)6-1-2-7(9(13,14)15)5(3-6)4-16/h1-3H/q-1. The van der Waals surface area contributed by atoms with Crippen LogP contribution >= 0.6 is 0 Å². The Morgan fingerprint density at radius 3 is 2.06 bits per heavy atom. The molecule has 0 aliphatic carbocycles. The summed E-state index contributed by atoms with van der Waals surface area (Å²) in [6.45, 7) is -5.48. The molecule has 0 amide bonds. The average Bonchev–Trinajstić information content (AvgIpc) is 2.14. The lowest BCUT2D eigenvalue weighted by Gasteiger charge is -2.17. The molecule has 0 aliphatic heterocycles. The zero-order valence-corrected chi connectivity index (χ0v) is 7.52. The van der Waals surface area contributed by atoms with Gasteiger partial charge in [0.1, 0.15) is 0 Å². The van der Waals surface area contributed by atoms with Gasteiger partial charge < -0.3 is 12.9 Å². The Morgan fingerprint density at radius 1 is 1.12 bits per heavy atom. The van der Waals surface area contributed by atoms with E-state index in [9.17, 15) is 26.1 Å². The highest BCUT2D eigenvalue weighted by atomic mass is 19.4. The van der Waals surface area contributed by atoms with Crippen LogP contribution in [0.15, 0.2) is 18.2 Å². The predicted octanol–water partition coefficient (Wildman–Crippen LogP) is 2.63. The van der Waals surface area contributed by atoms with Crippen molar-refractivity contribution < 1.29 is 26.1 Å². The van der Waals surface area contributed by atoms with E-state index in [0.29, 0.717) is 6.07 Å². The lowest BCUT2D eigenvalue weighted by atomic mass is 9.76. The monoisotopic (exact) mass is 238 g/mol. The lowest BCUT2D eigenvalue weighted by Crippen LogP contribution is -2.36. The van der Waals surface area contributed by atoms with Crippen LogP contribution < -0.4 is 5.46 Å². The molecule has 0 unspecified atom stereocenters. The van der Waals surface area contributed by atoms with Crippen molar-refractivity contribution in [2.45, 2.75) is 6.18 Å². The minimum atomic E-state index is -5.48. The summed E-state index contributed by atoms with van der Waals surface area (Å²) in [5.74, 6) is 0. The Bertz CT molecular complexity index is 441. The van der Waals surface area contributed by atoms with Gasteiger partial charge in [0.2, 0.25) is 0 Å². The molecule has 0 bridgehead atoms. The Morgan fingerprint density at radius 2 is 1.69 bits per heavy atom. The highest BCUT2D eigenvalue weighted by molar-refractivity contribution is 6.74. The molecule has 0 atom stereocenters. The summed E-state index contributed by atoms with van der Waals surface area (Å²) in [4.78, 5) is 0. The van der Waals surface area contributed by atoms with Crippen molar-refractivity contribution in [3.05, 3.63) is 29.3 Å². The molecular weight excluding hydrogens is 235 g/mol. The van der Waals surface area contributed by atoms with Gasteiger partial charge in [0.05, 0.1) is 11.6 Å². The molecule has 0 radical (unpaired) electrons. The highest BCUT2D eigenvalue weighted by Gasteiger charge is 2.34. The van der Waals surface area contributed by atoms with Gasteiger partial charge in [-0.3, -0.25) is 0 Å². The molecule has 0 aliphatic rings. The first kappa shape index (κ1) is 12.4. The van der Waals surface area contributed by atoms with E-state index in [1.807, 2.05) is 0 Å². The molecule has 0 heterocycles. The van der Waals surface area contributed by atoms with Gasteiger partial charge in [-0.25, -0.2) is 0 Å². The van der Waals surface area contributed by atoms with Crippen LogP contribution in [0.1, 0.15) is 11.1 Å². The van der Waals surface area contributed by atoms with Crippen LogP contribution in [0.5, 0.6) is 0 Å². The fraction of sp³-hybridized carbons (Fsp3) is 0.125. The minimum Gasteiger partial charge on any atom is -0.445 e. The van der Waals surface area contributed by atoms with Crippen molar-refractivity contribution in [2.24, 2.45) is 0 Å². The third-order valence-electron chi connectivity index (χ3n) is 1.85. The second-order valence-electron chi connectivity index (χ2n) is 2.99. The van der Waals surface area contributed by atoms with Crippen LogP contribution in [0.2, 0.25) is 0 Å². The number of rotatable bonds is 1. The molecule has 1 aromatic rings. The largest absolute Gasteiger partial charge is 0.510 e. The molecular formula is C8H3BF6N-.